The highest BCUT2D eigenvalue weighted by Gasteiger charge is 2.40. The standard InChI is InChI=1S/C13H24N2O3/c1-12(2,3)9(10(16)17)15-11(18)13(14)7-5-4-6-8-13/h9H,4-8,14H2,1-3H3,(H,15,18)(H,16,17). The number of carbonyl (C=O) groups is 2. The van der Waals surface area contributed by atoms with Gasteiger partial charge in [-0.2, -0.15) is 0 Å². The van der Waals surface area contributed by atoms with Crippen LogP contribution in [-0.2, 0) is 9.59 Å². The lowest BCUT2D eigenvalue weighted by Gasteiger charge is -2.35. The Kier molecular flexibility index (Phi) is 4.37. The molecule has 5 nitrogen and oxygen atoms in total. The average molecular weight is 256 g/mol. The first kappa shape index (κ1) is 15.0. The molecular weight excluding hydrogens is 232 g/mol. The summed E-state index contributed by atoms with van der Waals surface area (Å²) in [4.78, 5) is 23.4. The second-order valence-corrected chi connectivity index (χ2v) is 6.33. The maximum Gasteiger partial charge on any atom is 0.326 e. The fourth-order valence-corrected chi connectivity index (χ4v) is 2.33. The summed E-state index contributed by atoms with van der Waals surface area (Å²) < 4.78 is 0. The molecule has 4 N–H and O–H groups in total. The second-order valence-electron chi connectivity index (χ2n) is 6.33. The molecule has 0 heterocycles. The summed E-state index contributed by atoms with van der Waals surface area (Å²) in [6.07, 6.45) is 4.22. The Morgan fingerprint density at radius 3 is 2.11 bits per heavy atom. The van der Waals surface area contributed by atoms with Crippen LogP contribution in [0.2, 0.25) is 0 Å². The minimum absolute atomic E-state index is 0.329. The first-order chi connectivity index (χ1) is 8.17. The molecule has 0 aromatic heterocycles. The number of nitrogens with two attached hydrogens (primary N) is 1. The molecule has 1 unspecified atom stereocenters. The van der Waals surface area contributed by atoms with Gasteiger partial charge in [0.2, 0.25) is 5.91 Å². The van der Waals surface area contributed by atoms with Gasteiger partial charge in [-0.3, -0.25) is 4.79 Å². The summed E-state index contributed by atoms with van der Waals surface area (Å²) in [6.45, 7) is 5.36. The van der Waals surface area contributed by atoms with Gasteiger partial charge in [-0.05, 0) is 18.3 Å². The molecule has 1 saturated carbocycles. The average Bonchev–Trinajstić information content (AvgIpc) is 2.24. The Hall–Kier alpha value is -1.10. The molecule has 1 fully saturated rings. The molecule has 1 atom stereocenters. The van der Waals surface area contributed by atoms with Crippen LogP contribution in [0.15, 0.2) is 0 Å². The van der Waals surface area contributed by atoms with Gasteiger partial charge in [0, 0.05) is 0 Å². The van der Waals surface area contributed by atoms with E-state index in [1.165, 1.54) is 0 Å². The summed E-state index contributed by atoms with van der Waals surface area (Å²) in [7, 11) is 0. The van der Waals surface area contributed by atoms with Crippen molar-refractivity contribution in [3.8, 4) is 0 Å². The summed E-state index contributed by atoms with van der Waals surface area (Å²) >= 11 is 0. The van der Waals surface area contributed by atoms with Crippen LogP contribution < -0.4 is 11.1 Å². The molecule has 0 aromatic carbocycles. The van der Waals surface area contributed by atoms with Crippen molar-refractivity contribution >= 4 is 11.9 Å². The number of amides is 1. The third-order valence-electron chi connectivity index (χ3n) is 3.59. The maximum absolute atomic E-state index is 12.2. The van der Waals surface area contributed by atoms with Gasteiger partial charge in [-0.1, -0.05) is 40.0 Å². The highest BCUT2D eigenvalue weighted by atomic mass is 16.4. The lowest BCUT2D eigenvalue weighted by molar-refractivity contribution is -0.146. The van der Waals surface area contributed by atoms with E-state index in [1.807, 2.05) is 0 Å². The van der Waals surface area contributed by atoms with Gasteiger partial charge in [-0.15, -0.1) is 0 Å². The van der Waals surface area contributed by atoms with Crippen LogP contribution in [0, 0.1) is 5.41 Å². The van der Waals surface area contributed by atoms with Crippen LogP contribution in [0.3, 0.4) is 0 Å². The van der Waals surface area contributed by atoms with Crippen molar-refractivity contribution in [3.63, 3.8) is 0 Å². The molecule has 5 heteroatoms. The predicted molar refractivity (Wildman–Crippen MR) is 69.0 cm³/mol. The Morgan fingerprint density at radius 1 is 1.22 bits per heavy atom. The largest absolute Gasteiger partial charge is 0.480 e. The monoisotopic (exact) mass is 256 g/mol. The molecular formula is C13H24N2O3. The van der Waals surface area contributed by atoms with Crippen LogP contribution in [0.25, 0.3) is 0 Å². The van der Waals surface area contributed by atoms with Gasteiger partial charge in [0.1, 0.15) is 6.04 Å². The van der Waals surface area contributed by atoms with Crippen molar-refractivity contribution in [1.29, 1.82) is 0 Å². The lowest BCUT2D eigenvalue weighted by Crippen LogP contribution is -2.60. The number of carboxylic acids is 1. The van der Waals surface area contributed by atoms with Crippen LogP contribution in [-0.4, -0.2) is 28.6 Å². The molecule has 0 saturated heterocycles. The molecule has 104 valence electrons. The topological polar surface area (TPSA) is 92.4 Å². The van der Waals surface area contributed by atoms with Crippen molar-refractivity contribution in [1.82, 2.24) is 5.32 Å². The van der Waals surface area contributed by atoms with Crippen molar-refractivity contribution in [3.05, 3.63) is 0 Å². The highest BCUT2D eigenvalue weighted by Crippen LogP contribution is 2.27. The zero-order valence-corrected chi connectivity index (χ0v) is 11.5. The molecule has 0 bridgehead atoms. The number of rotatable bonds is 3. The van der Waals surface area contributed by atoms with Gasteiger partial charge >= 0.3 is 5.97 Å². The minimum Gasteiger partial charge on any atom is -0.480 e. The second kappa shape index (κ2) is 5.26. The number of carbonyl (C=O) groups excluding carboxylic acids is 1. The van der Waals surface area contributed by atoms with Gasteiger partial charge in [0.25, 0.3) is 0 Å². The zero-order valence-electron chi connectivity index (χ0n) is 11.5. The minimum atomic E-state index is -1.02. The normalized spacial score (nSPS) is 21.1. The molecule has 0 aliphatic heterocycles. The van der Waals surface area contributed by atoms with E-state index in [4.69, 9.17) is 5.73 Å². The first-order valence-corrected chi connectivity index (χ1v) is 6.49. The Labute approximate surface area is 108 Å². The molecule has 0 aromatic rings. The number of aliphatic carboxylic acids is 1. The predicted octanol–water partition coefficient (Wildman–Crippen LogP) is 1.26. The smallest absolute Gasteiger partial charge is 0.326 e. The summed E-state index contributed by atoms with van der Waals surface area (Å²) in [5.41, 5.74) is 4.66. The molecule has 1 aliphatic rings. The summed E-state index contributed by atoms with van der Waals surface area (Å²) in [5, 5.41) is 11.8. The fourth-order valence-electron chi connectivity index (χ4n) is 2.33. The van der Waals surface area contributed by atoms with E-state index < -0.39 is 23.0 Å². The SMILES string of the molecule is CC(C)(C)C(NC(=O)C1(N)CCCCC1)C(=O)O. The molecule has 0 radical (unpaired) electrons. The summed E-state index contributed by atoms with van der Waals surface area (Å²) in [6, 6.07) is -0.910. The van der Waals surface area contributed by atoms with Crippen molar-refractivity contribution in [2.45, 2.75) is 64.5 Å². The Balaban J connectivity index is 2.75. The Morgan fingerprint density at radius 2 is 1.72 bits per heavy atom. The molecule has 18 heavy (non-hydrogen) atoms. The maximum atomic E-state index is 12.2. The number of hydrogen-bond donors (Lipinski definition) is 3. The van der Waals surface area contributed by atoms with E-state index >= 15 is 0 Å². The summed E-state index contributed by atoms with van der Waals surface area (Å²) in [5.74, 6) is -1.35. The van der Waals surface area contributed by atoms with E-state index in [9.17, 15) is 14.7 Å². The molecule has 1 amide bonds. The van der Waals surface area contributed by atoms with Crippen LogP contribution >= 0.6 is 0 Å². The van der Waals surface area contributed by atoms with Crippen LogP contribution in [0.1, 0.15) is 52.9 Å². The van der Waals surface area contributed by atoms with Gasteiger partial charge in [-0.25, -0.2) is 4.79 Å². The molecule has 1 aliphatic carbocycles. The van der Waals surface area contributed by atoms with Crippen LogP contribution in [0.4, 0.5) is 0 Å². The van der Waals surface area contributed by atoms with Gasteiger partial charge < -0.3 is 16.2 Å². The van der Waals surface area contributed by atoms with Gasteiger partial charge in [0.15, 0.2) is 0 Å². The quantitative estimate of drug-likeness (QED) is 0.709. The molecule has 0 spiro atoms. The van der Waals surface area contributed by atoms with E-state index in [2.05, 4.69) is 5.32 Å². The fraction of sp³-hybridized carbons (Fsp3) is 0.846. The number of hydrogen-bond acceptors (Lipinski definition) is 3. The lowest BCUT2D eigenvalue weighted by atomic mass is 9.80. The van der Waals surface area contributed by atoms with Crippen molar-refractivity contribution < 1.29 is 14.7 Å². The van der Waals surface area contributed by atoms with Gasteiger partial charge in [0.05, 0.1) is 5.54 Å². The zero-order chi connectivity index (χ0) is 14.0. The highest BCUT2D eigenvalue weighted by molar-refractivity contribution is 5.90. The number of carboxylic acid groups (broad SMARTS) is 1. The number of nitrogens with one attached hydrogen (secondary N) is 1. The Bertz CT molecular complexity index is 328. The van der Waals surface area contributed by atoms with Crippen LogP contribution in [0.5, 0.6) is 0 Å². The third-order valence-corrected chi connectivity index (χ3v) is 3.59. The van der Waals surface area contributed by atoms with E-state index in [0.717, 1.165) is 19.3 Å². The van der Waals surface area contributed by atoms with E-state index in [1.54, 1.807) is 20.8 Å². The van der Waals surface area contributed by atoms with E-state index in [0.29, 0.717) is 12.8 Å². The van der Waals surface area contributed by atoms with Crippen molar-refractivity contribution in [2.24, 2.45) is 11.1 Å². The third kappa shape index (κ3) is 3.45. The van der Waals surface area contributed by atoms with Crippen molar-refractivity contribution in [2.75, 3.05) is 0 Å². The van der Waals surface area contributed by atoms with E-state index in [-0.39, 0.29) is 5.91 Å². The first-order valence-electron chi connectivity index (χ1n) is 6.49. The molecule has 1 rings (SSSR count).